The van der Waals surface area contributed by atoms with Gasteiger partial charge in [-0.15, -0.1) is 0 Å². The van der Waals surface area contributed by atoms with Crippen LogP contribution in [0.4, 0.5) is 4.39 Å². The van der Waals surface area contributed by atoms with Gasteiger partial charge in [-0.25, -0.2) is 4.39 Å². The monoisotopic (exact) mass is 404 g/mol. The second-order valence-corrected chi connectivity index (χ2v) is 8.60. The third-order valence-corrected chi connectivity index (χ3v) is 6.73. The van der Waals surface area contributed by atoms with Gasteiger partial charge >= 0.3 is 0 Å². The van der Waals surface area contributed by atoms with Crippen LogP contribution in [0, 0.1) is 17.7 Å². The Hall–Kier alpha value is -2.75. The first-order chi connectivity index (χ1) is 14.5. The standard InChI is InChI=1S/C26H29FN2O/c1-17(26(30)29-18(2)20-6-4-3-5-7-20)19-8-10-21(11-9-19)23-14-15-28-25-13-12-22(27)16-24(23)25/h3-7,12-19,21H,8-11H2,1-2H3,(H,29,30)/t17-,18+,19-,21+/m1/s1. The number of hydrogen-bond acceptors (Lipinski definition) is 2. The average Bonchev–Trinajstić information content (AvgIpc) is 2.78. The molecule has 1 aromatic heterocycles. The Labute approximate surface area is 177 Å². The van der Waals surface area contributed by atoms with Crippen molar-refractivity contribution < 1.29 is 9.18 Å². The molecule has 1 saturated carbocycles. The molecule has 0 unspecified atom stereocenters. The van der Waals surface area contributed by atoms with Gasteiger partial charge < -0.3 is 5.32 Å². The van der Waals surface area contributed by atoms with Crippen molar-refractivity contribution in [2.45, 2.75) is 51.5 Å². The summed E-state index contributed by atoms with van der Waals surface area (Å²) in [6.07, 6.45) is 5.89. The number of carbonyl (C=O) groups is 1. The highest BCUT2D eigenvalue weighted by Crippen LogP contribution is 2.40. The van der Waals surface area contributed by atoms with E-state index in [2.05, 4.69) is 17.2 Å². The van der Waals surface area contributed by atoms with E-state index < -0.39 is 0 Å². The Morgan fingerprint density at radius 3 is 2.50 bits per heavy atom. The molecule has 1 aliphatic carbocycles. The molecule has 0 saturated heterocycles. The topological polar surface area (TPSA) is 42.0 Å². The van der Waals surface area contributed by atoms with E-state index in [4.69, 9.17) is 0 Å². The van der Waals surface area contributed by atoms with Crippen LogP contribution in [0.3, 0.4) is 0 Å². The van der Waals surface area contributed by atoms with Crippen molar-refractivity contribution in [3.63, 3.8) is 0 Å². The zero-order valence-electron chi connectivity index (χ0n) is 17.6. The second kappa shape index (κ2) is 8.95. The van der Waals surface area contributed by atoms with E-state index >= 15 is 0 Å². The Morgan fingerprint density at radius 1 is 1.03 bits per heavy atom. The molecule has 1 fully saturated rings. The highest BCUT2D eigenvalue weighted by atomic mass is 19.1. The van der Waals surface area contributed by atoms with Gasteiger partial charge in [-0.1, -0.05) is 37.3 Å². The van der Waals surface area contributed by atoms with E-state index in [1.807, 2.05) is 49.5 Å². The number of hydrogen-bond donors (Lipinski definition) is 1. The molecule has 4 heteroatoms. The van der Waals surface area contributed by atoms with Gasteiger partial charge in [0, 0.05) is 17.5 Å². The normalized spacial score (nSPS) is 21.2. The summed E-state index contributed by atoms with van der Waals surface area (Å²) in [7, 11) is 0. The van der Waals surface area contributed by atoms with Crippen LogP contribution < -0.4 is 5.32 Å². The van der Waals surface area contributed by atoms with Crippen molar-refractivity contribution in [1.29, 1.82) is 0 Å². The van der Waals surface area contributed by atoms with Crippen LogP contribution >= 0.6 is 0 Å². The molecule has 1 heterocycles. The maximum atomic E-state index is 13.8. The maximum Gasteiger partial charge on any atom is 0.223 e. The molecule has 30 heavy (non-hydrogen) atoms. The number of nitrogens with zero attached hydrogens (tertiary/aromatic N) is 1. The largest absolute Gasteiger partial charge is 0.349 e. The lowest BCUT2D eigenvalue weighted by atomic mass is 9.73. The highest BCUT2D eigenvalue weighted by molar-refractivity contribution is 5.82. The van der Waals surface area contributed by atoms with Gasteiger partial charge in [0.15, 0.2) is 0 Å². The fourth-order valence-electron chi connectivity index (χ4n) is 4.81. The molecule has 0 bridgehead atoms. The number of nitrogens with one attached hydrogen (secondary N) is 1. The lowest BCUT2D eigenvalue weighted by Crippen LogP contribution is -2.36. The third-order valence-electron chi connectivity index (χ3n) is 6.73. The number of pyridine rings is 1. The van der Waals surface area contributed by atoms with Gasteiger partial charge in [-0.2, -0.15) is 0 Å². The summed E-state index contributed by atoms with van der Waals surface area (Å²) in [6, 6.07) is 16.9. The second-order valence-electron chi connectivity index (χ2n) is 8.60. The van der Waals surface area contributed by atoms with Crippen molar-refractivity contribution in [2.24, 2.45) is 11.8 Å². The number of fused-ring (bicyclic) bond motifs is 1. The van der Waals surface area contributed by atoms with Crippen molar-refractivity contribution in [1.82, 2.24) is 10.3 Å². The number of carbonyl (C=O) groups excluding carboxylic acids is 1. The zero-order chi connectivity index (χ0) is 21.1. The smallest absolute Gasteiger partial charge is 0.223 e. The van der Waals surface area contributed by atoms with Crippen LogP contribution in [0.25, 0.3) is 10.9 Å². The predicted molar refractivity (Wildman–Crippen MR) is 119 cm³/mol. The Morgan fingerprint density at radius 2 is 1.77 bits per heavy atom. The third kappa shape index (κ3) is 4.38. The molecular weight excluding hydrogens is 375 g/mol. The van der Waals surface area contributed by atoms with Gasteiger partial charge in [0.1, 0.15) is 5.82 Å². The first kappa shape index (κ1) is 20.5. The van der Waals surface area contributed by atoms with E-state index in [1.165, 1.54) is 11.6 Å². The van der Waals surface area contributed by atoms with Gasteiger partial charge in [-0.05, 0) is 79.8 Å². The lowest BCUT2D eigenvalue weighted by Gasteiger charge is -2.33. The number of benzene rings is 2. The number of halogens is 1. The Balaban J connectivity index is 1.38. The molecule has 0 aliphatic heterocycles. The van der Waals surface area contributed by atoms with Crippen molar-refractivity contribution >= 4 is 16.8 Å². The van der Waals surface area contributed by atoms with Gasteiger partial charge in [0.05, 0.1) is 11.6 Å². The minimum absolute atomic E-state index is 0.00979. The lowest BCUT2D eigenvalue weighted by molar-refractivity contribution is -0.127. The quantitative estimate of drug-likeness (QED) is 0.553. The highest BCUT2D eigenvalue weighted by Gasteiger charge is 2.30. The molecule has 0 spiro atoms. The van der Waals surface area contributed by atoms with Crippen molar-refractivity contribution in [2.75, 3.05) is 0 Å². The van der Waals surface area contributed by atoms with Crippen LogP contribution in [-0.4, -0.2) is 10.9 Å². The van der Waals surface area contributed by atoms with Crippen LogP contribution in [-0.2, 0) is 4.79 Å². The Kier molecular flexibility index (Phi) is 6.12. The molecule has 1 N–H and O–H groups in total. The summed E-state index contributed by atoms with van der Waals surface area (Å²) < 4.78 is 13.8. The van der Waals surface area contributed by atoms with E-state index in [9.17, 15) is 9.18 Å². The zero-order valence-corrected chi connectivity index (χ0v) is 17.6. The average molecular weight is 405 g/mol. The van der Waals surface area contributed by atoms with Crippen LogP contribution in [0.1, 0.15) is 62.6 Å². The van der Waals surface area contributed by atoms with E-state index in [1.54, 1.807) is 12.1 Å². The first-order valence-corrected chi connectivity index (χ1v) is 10.9. The van der Waals surface area contributed by atoms with Crippen LogP contribution in [0.2, 0.25) is 0 Å². The molecular formula is C26H29FN2O. The molecule has 1 aliphatic rings. The molecule has 4 rings (SSSR count). The van der Waals surface area contributed by atoms with Crippen molar-refractivity contribution in [3.8, 4) is 0 Å². The Bertz CT molecular complexity index is 1010. The number of aromatic nitrogens is 1. The summed E-state index contributed by atoms with van der Waals surface area (Å²) in [5.74, 6) is 0.680. The predicted octanol–water partition coefficient (Wildman–Crippen LogP) is 6.16. The van der Waals surface area contributed by atoms with Gasteiger partial charge in [-0.3, -0.25) is 9.78 Å². The molecule has 2 aromatic carbocycles. The van der Waals surface area contributed by atoms with Gasteiger partial charge in [0.2, 0.25) is 5.91 Å². The van der Waals surface area contributed by atoms with Crippen LogP contribution in [0.5, 0.6) is 0 Å². The van der Waals surface area contributed by atoms with E-state index in [0.29, 0.717) is 11.8 Å². The summed E-state index contributed by atoms with van der Waals surface area (Å²) >= 11 is 0. The fourth-order valence-corrected chi connectivity index (χ4v) is 4.81. The minimum atomic E-state index is -0.219. The van der Waals surface area contributed by atoms with Crippen molar-refractivity contribution in [3.05, 3.63) is 77.7 Å². The van der Waals surface area contributed by atoms with Crippen LogP contribution in [0.15, 0.2) is 60.8 Å². The number of amides is 1. The maximum absolute atomic E-state index is 13.8. The molecule has 3 aromatic rings. The molecule has 2 atom stereocenters. The SMILES string of the molecule is C[C@H](NC(=O)[C@H](C)[C@H]1CC[C@@H](c2ccnc3ccc(F)cc32)CC1)c1ccccc1. The molecule has 156 valence electrons. The van der Waals surface area contributed by atoms with E-state index in [0.717, 1.165) is 42.1 Å². The number of rotatable bonds is 5. The molecule has 3 nitrogen and oxygen atoms in total. The summed E-state index contributed by atoms with van der Waals surface area (Å²) in [5.41, 5.74) is 3.16. The summed E-state index contributed by atoms with van der Waals surface area (Å²) in [4.78, 5) is 17.2. The molecule has 1 amide bonds. The summed E-state index contributed by atoms with van der Waals surface area (Å²) in [6.45, 7) is 4.08. The molecule has 0 radical (unpaired) electrons. The van der Waals surface area contributed by atoms with Gasteiger partial charge in [0.25, 0.3) is 0 Å². The minimum Gasteiger partial charge on any atom is -0.349 e. The van der Waals surface area contributed by atoms with E-state index in [-0.39, 0.29) is 23.7 Å². The summed E-state index contributed by atoms with van der Waals surface area (Å²) in [5, 5.41) is 4.10. The first-order valence-electron chi connectivity index (χ1n) is 10.9. The fraction of sp³-hybridized carbons (Fsp3) is 0.385.